The molecule has 0 aromatic heterocycles. The van der Waals surface area contributed by atoms with Crippen molar-refractivity contribution in [2.45, 2.75) is 79.1 Å². The van der Waals surface area contributed by atoms with Gasteiger partial charge in [0.1, 0.15) is 23.3 Å². The molecule has 0 spiro atoms. The fraction of sp³-hybridized carbons (Fsp3) is 0.240. The Kier molecular flexibility index (Phi) is 11.0. The average molecular weight is 781 g/mol. The van der Waals surface area contributed by atoms with E-state index < -0.39 is 23.3 Å². The first-order chi connectivity index (χ1) is 28.3. The van der Waals surface area contributed by atoms with Crippen LogP contribution in [0.5, 0.6) is 0 Å². The minimum Gasteiger partial charge on any atom is -0.288 e. The molecule has 0 amide bonds. The quantitative estimate of drug-likeness (QED) is 0.115. The van der Waals surface area contributed by atoms with E-state index in [1.54, 1.807) is 68.1 Å². The lowest BCUT2D eigenvalue weighted by molar-refractivity contribution is 0.619. The van der Waals surface area contributed by atoms with Gasteiger partial charge in [-0.2, -0.15) is 0 Å². The zero-order chi connectivity index (χ0) is 40.5. The summed E-state index contributed by atoms with van der Waals surface area (Å²) in [5.74, 6) is -1.29. The smallest absolute Gasteiger partial charge is 0.166 e. The third-order valence-corrected chi connectivity index (χ3v) is 10.9. The number of aryl methyl sites for hydroxylation is 4. The fourth-order valence-corrected chi connectivity index (χ4v) is 8.42. The number of para-hydroxylation sites is 4. The summed E-state index contributed by atoms with van der Waals surface area (Å²) in [6.07, 6.45) is 6.15. The van der Waals surface area contributed by atoms with Gasteiger partial charge in [-0.25, -0.2) is 17.6 Å². The molecule has 0 aliphatic carbocycles. The number of fused-ring (bicyclic) bond motifs is 2. The van der Waals surface area contributed by atoms with Crippen LogP contribution in [0.2, 0.25) is 0 Å². The van der Waals surface area contributed by atoms with Gasteiger partial charge < -0.3 is 0 Å². The van der Waals surface area contributed by atoms with Gasteiger partial charge in [0.15, 0.2) is 11.6 Å². The van der Waals surface area contributed by atoms with Crippen molar-refractivity contribution >= 4 is 45.5 Å². The van der Waals surface area contributed by atoms with Crippen LogP contribution >= 0.6 is 0 Å². The lowest BCUT2D eigenvalue weighted by Crippen LogP contribution is -2.34. The Morgan fingerprint density at radius 3 is 0.724 bits per heavy atom. The molecule has 58 heavy (non-hydrogen) atoms. The maximum absolute atomic E-state index is 16.9. The predicted molar refractivity (Wildman–Crippen MR) is 230 cm³/mol. The summed E-state index contributed by atoms with van der Waals surface area (Å²) in [6, 6.07) is 35.7. The monoisotopic (exact) mass is 780 g/mol. The van der Waals surface area contributed by atoms with Gasteiger partial charge in [0, 0.05) is 0 Å². The van der Waals surface area contributed by atoms with Crippen LogP contribution in [0.4, 0.5) is 63.1 Å². The zero-order valence-corrected chi connectivity index (χ0v) is 33.5. The maximum atomic E-state index is 16.9. The highest BCUT2D eigenvalue weighted by Crippen LogP contribution is 2.58. The minimum absolute atomic E-state index is 0.216. The molecule has 6 aromatic rings. The highest BCUT2D eigenvalue weighted by atomic mass is 19.1. The Hall–Kier alpha value is -6.02. The van der Waals surface area contributed by atoms with E-state index in [1.165, 1.54) is 0 Å². The first-order valence-electron chi connectivity index (χ1n) is 20.5. The summed E-state index contributed by atoms with van der Waals surface area (Å²) in [7, 11) is 0. The van der Waals surface area contributed by atoms with E-state index in [0.29, 0.717) is 60.1 Å². The van der Waals surface area contributed by atoms with Crippen LogP contribution in [0, 0.1) is 23.3 Å². The molecule has 0 N–H and O–H groups in total. The Balaban J connectivity index is 1.52. The maximum Gasteiger partial charge on any atom is 0.166 e. The largest absolute Gasteiger partial charge is 0.288 e. The lowest BCUT2D eigenvalue weighted by Gasteiger charge is -2.34. The Morgan fingerprint density at radius 1 is 0.310 bits per heavy atom. The fourth-order valence-electron chi connectivity index (χ4n) is 8.42. The lowest BCUT2D eigenvalue weighted by atomic mass is 10.1. The van der Waals surface area contributed by atoms with Gasteiger partial charge in [-0.15, -0.1) is 0 Å². The molecule has 2 heterocycles. The van der Waals surface area contributed by atoms with Crippen molar-refractivity contribution in [3.8, 4) is 0 Å². The van der Waals surface area contributed by atoms with Crippen molar-refractivity contribution < 1.29 is 17.6 Å². The van der Waals surface area contributed by atoms with Gasteiger partial charge in [0.2, 0.25) is 0 Å². The van der Waals surface area contributed by atoms with Crippen LogP contribution in [-0.2, 0) is 25.7 Å². The van der Waals surface area contributed by atoms with Crippen LogP contribution in [0.3, 0.4) is 0 Å². The zero-order valence-electron chi connectivity index (χ0n) is 33.5. The van der Waals surface area contributed by atoms with Crippen LogP contribution < -0.4 is 19.6 Å². The summed E-state index contributed by atoms with van der Waals surface area (Å²) in [4.78, 5) is 7.09. The van der Waals surface area contributed by atoms with E-state index in [9.17, 15) is 0 Å². The Bertz CT molecular complexity index is 2170. The summed E-state index contributed by atoms with van der Waals surface area (Å²) < 4.78 is 67.5. The Morgan fingerprint density at radius 2 is 0.534 bits per heavy atom. The third kappa shape index (κ3) is 6.88. The first kappa shape index (κ1) is 38.8. The number of nitrogens with zero attached hydrogens (tertiary/aromatic N) is 4. The summed E-state index contributed by atoms with van der Waals surface area (Å²) >= 11 is 0. The summed E-state index contributed by atoms with van der Waals surface area (Å²) in [6.45, 7) is 8.19. The number of anilines is 8. The second-order valence-electron chi connectivity index (χ2n) is 15.1. The number of benzene rings is 6. The molecular weight excluding hydrogens is 733 g/mol. The number of hydrogen-bond acceptors (Lipinski definition) is 4. The van der Waals surface area contributed by atoms with E-state index >= 15 is 17.6 Å². The van der Waals surface area contributed by atoms with E-state index in [2.05, 4.69) is 0 Å². The van der Waals surface area contributed by atoms with Gasteiger partial charge in [0.05, 0.1) is 45.5 Å². The van der Waals surface area contributed by atoms with Gasteiger partial charge in [-0.3, -0.25) is 19.6 Å². The molecule has 2 aliphatic heterocycles. The van der Waals surface area contributed by atoms with E-state index in [0.717, 1.165) is 47.9 Å². The molecule has 0 saturated carbocycles. The van der Waals surface area contributed by atoms with Crippen molar-refractivity contribution in [1.82, 2.24) is 0 Å². The van der Waals surface area contributed by atoms with Gasteiger partial charge in [0.25, 0.3) is 0 Å². The van der Waals surface area contributed by atoms with E-state index in [1.807, 2.05) is 100 Å². The standard InChI is InChI=1S/C50H48F4N4/c1-5-13-33-21-25-41(37(51)29-33)55-45-17-9-10-18-46(45)56(42-26-22-34(14-6-2)30-38(42)52)49(55)50-57(43-27-23-35(15-7-3)31-39(43)53)47-19-11-12-20-48(47)58(50)44-28-24-36(16-8-4)32-40(44)54/h9-12,17-32H,5-8,13-16H2,1-4H3. The summed E-state index contributed by atoms with van der Waals surface area (Å²) in [5, 5.41) is 0. The van der Waals surface area contributed by atoms with Crippen LogP contribution in [0.1, 0.15) is 75.6 Å². The molecule has 2 aliphatic rings. The molecule has 8 rings (SSSR count). The predicted octanol–water partition coefficient (Wildman–Crippen LogP) is 14.5. The molecule has 8 heteroatoms. The molecule has 0 radical (unpaired) electrons. The van der Waals surface area contributed by atoms with Crippen LogP contribution in [0.25, 0.3) is 0 Å². The van der Waals surface area contributed by atoms with Gasteiger partial charge in [-0.1, -0.05) is 102 Å². The highest BCUT2D eigenvalue weighted by Gasteiger charge is 2.46. The molecule has 296 valence electrons. The first-order valence-corrected chi connectivity index (χ1v) is 20.5. The summed E-state index contributed by atoms with van der Waals surface area (Å²) in [5.41, 5.74) is 6.58. The topological polar surface area (TPSA) is 13.0 Å². The molecule has 6 aromatic carbocycles. The normalized spacial score (nSPS) is 13.5. The van der Waals surface area contributed by atoms with Crippen molar-refractivity contribution in [1.29, 1.82) is 0 Å². The molecular formula is C50H48F4N4. The minimum atomic E-state index is -0.474. The van der Waals surface area contributed by atoms with Crippen molar-refractivity contribution in [2.24, 2.45) is 0 Å². The van der Waals surface area contributed by atoms with Gasteiger partial charge in [-0.05, 0) is 121 Å². The molecule has 0 unspecified atom stereocenters. The van der Waals surface area contributed by atoms with Crippen LogP contribution in [0.15, 0.2) is 133 Å². The average Bonchev–Trinajstić information content (AvgIpc) is 3.71. The number of halogens is 4. The third-order valence-electron chi connectivity index (χ3n) is 10.9. The number of rotatable bonds is 12. The SMILES string of the molecule is CCCc1ccc(N2C(=C3N(c4ccc(CCC)cc4F)c4ccccc4N3c3ccc(CCC)cc3F)N(c3ccc(CCC)cc3F)c3ccccc32)c(F)c1. The van der Waals surface area contributed by atoms with Crippen molar-refractivity contribution in [3.05, 3.63) is 178 Å². The molecule has 0 saturated heterocycles. The van der Waals surface area contributed by atoms with Crippen LogP contribution in [-0.4, -0.2) is 0 Å². The highest BCUT2D eigenvalue weighted by molar-refractivity contribution is 6.00. The number of hydrogen-bond donors (Lipinski definition) is 0. The molecule has 4 nitrogen and oxygen atoms in total. The van der Waals surface area contributed by atoms with Crippen molar-refractivity contribution in [3.63, 3.8) is 0 Å². The van der Waals surface area contributed by atoms with Gasteiger partial charge >= 0.3 is 0 Å². The second-order valence-corrected chi connectivity index (χ2v) is 15.1. The van der Waals surface area contributed by atoms with E-state index in [-0.39, 0.29) is 22.7 Å². The van der Waals surface area contributed by atoms with E-state index in [4.69, 9.17) is 0 Å². The second kappa shape index (κ2) is 16.5. The molecule has 0 atom stereocenters. The van der Waals surface area contributed by atoms with Crippen molar-refractivity contribution in [2.75, 3.05) is 19.6 Å². The molecule has 0 bridgehead atoms. The molecule has 0 fully saturated rings. The Labute approximate surface area is 339 Å².